The quantitative estimate of drug-likeness (QED) is 0.566. The van der Waals surface area contributed by atoms with Gasteiger partial charge in [0.25, 0.3) is 5.91 Å². The highest BCUT2D eigenvalue weighted by Gasteiger charge is 2.26. The second-order valence-electron chi connectivity index (χ2n) is 8.29. The molecule has 1 N–H and O–H groups in total. The van der Waals surface area contributed by atoms with Crippen molar-refractivity contribution in [1.82, 2.24) is 4.31 Å². The molecule has 0 atom stereocenters. The van der Waals surface area contributed by atoms with E-state index in [0.29, 0.717) is 35.8 Å². The molecule has 1 fully saturated rings. The van der Waals surface area contributed by atoms with Crippen LogP contribution >= 0.6 is 0 Å². The highest BCUT2D eigenvalue weighted by molar-refractivity contribution is 7.89. The molecule has 186 valence electrons. The topological polar surface area (TPSA) is 88.2 Å². The van der Waals surface area contributed by atoms with Gasteiger partial charge in [-0.2, -0.15) is 4.31 Å². The number of amides is 1. The van der Waals surface area contributed by atoms with Crippen molar-refractivity contribution < 1.29 is 22.7 Å². The SMILES string of the molecule is CCN(CC)S(=O)(=O)c1ccc(N2CCCCC2)c(C(=O)Nc2cc(OC)c(OC)cc2C)c1. The molecule has 1 aliphatic rings. The van der Waals surface area contributed by atoms with E-state index >= 15 is 0 Å². The normalized spacial score (nSPS) is 14.2. The first-order chi connectivity index (χ1) is 16.3. The smallest absolute Gasteiger partial charge is 0.257 e. The van der Waals surface area contributed by atoms with Gasteiger partial charge in [-0.3, -0.25) is 4.79 Å². The van der Waals surface area contributed by atoms with Crippen molar-refractivity contribution >= 4 is 27.3 Å². The number of ether oxygens (including phenoxy) is 2. The van der Waals surface area contributed by atoms with E-state index in [4.69, 9.17) is 9.47 Å². The third-order valence-corrected chi connectivity index (χ3v) is 8.28. The number of anilines is 2. The first-order valence-electron chi connectivity index (χ1n) is 11.7. The van der Waals surface area contributed by atoms with E-state index in [9.17, 15) is 13.2 Å². The number of carbonyl (C=O) groups excluding carboxylic acids is 1. The van der Waals surface area contributed by atoms with Gasteiger partial charge in [0.2, 0.25) is 10.0 Å². The maximum atomic E-state index is 13.6. The largest absolute Gasteiger partial charge is 0.493 e. The van der Waals surface area contributed by atoms with Gasteiger partial charge >= 0.3 is 0 Å². The fourth-order valence-electron chi connectivity index (χ4n) is 4.29. The summed E-state index contributed by atoms with van der Waals surface area (Å²) in [6.45, 7) is 7.85. The number of sulfonamides is 1. The van der Waals surface area contributed by atoms with Crippen molar-refractivity contribution in [1.29, 1.82) is 0 Å². The van der Waals surface area contributed by atoms with Crippen LogP contribution in [0.15, 0.2) is 35.2 Å². The zero-order valence-electron chi connectivity index (χ0n) is 20.7. The van der Waals surface area contributed by atoms with Crippen molar-refractivity contribution in [3.8, 4) is 11.5 Å². The first kappa shape index (κ1) is 25.8. The number of nitrogens with one attached hydrogen (secondary N) is 1. The molecule has 0 saturated carbocycles. The molecule has 8 nitrogen and oxygen atoms in total. The molecular formula is C25H35N3O5S. The molecule has 1 heterocycles. The van der Waals surface area contributed by atoms with E-state index in [2.05, 4.69) is 10.2 Å². The second-order valence-corrected chi connectivity index (χ2v) is 10.2. The lowest BCUT2D eigenvalue weighted by atomic mass is 10.1. The fraction of sp³-hybridized carbons (Fsp3) is 0.480. The average molecular weight is 490 g/mol. The zero-order chi connectivity index (χ0) is 24.9. The molecule has 1 saturated heterocycles. The van der Waals surface area contributed by atoms with Gasteiger partial charge in [0.1, 0.15) is 0 Å². The second kappa shape index (κ2) is 11.1. The van der Waals surface area contributed by atoms with Crippen molar-refractivity contribution in [2.24, 2.45) is 0 Å². The summed E-state index contributed by atoms with van der Waals surface area (Å²) in [5.41, 5.74) is 2.46. The van der Waals surface area contributed by atoms with Crippen molar-refractivity contribution in [2.75, 3.05) is 50.6 Å². The standard InChI is InChI=1S/C25H35N3O5S/c1-6-28(7-2)34(30,31)19-11-12-22(27-13-9-8-10-14-27)20(16-19)25(29)26-21-17-24(33-5)23(32-4)15-18(21)3/h11-12,15-17H,6-10,13-14H2,1-5H3,(H,26,29). The van der Waals surface area contributed by atoms with Crippen LogP contribution in [0.2, 0.25) is 0 Å². The van der Waals surface area contributed by atoms with Gasteiger partial charge in [0.05, 0.1) is 24.7 Å². The van der Waals surface area contributed by atoms with E-state index in [1.165, 1.54) is 17.5 Å². The molecule has 0 spiro atoms. The Kier molecular flexibility index (Phi) is 8.43. The van der Waals surface area contributed by atoms with Crippen LogP contribution in [0.5, 0.6) is 11.5 Å². The van der Waals surface area contributed by atoms with Crippen LogP contribution in [-0.2, 0) is 10.0 Å². The molecule has 34 heavy (non-hydrogen) atoms. The Bertz CT molecular complexity index is 1120. The summed E-state index contributed by atoms with van der Waals surface area (Å²) in [5.74, 6) is 0.698. The van der Waals surface area contributed by atoms with Crippen molar-refractivity contribution in [2.45, 2.75) is 44.9 Å². The lowest BCUT2D eigenvalue weighted by molar-refractivity contribution is 0.102. The van der Waals surface area contributed by atoms with Gasteiger partial charge in [0.15, 0.2) is 11.5 Å². The van der Waals surface area contributed by atoms with Crippen LogP contribution in [0, 0.1) is 6.92 Å². The predicted octanol–water partition coefficient (Wildman–Crippen LogP) is 4.29. The number of aryl methyl sites for hydroxylation is 1. The molecule has 0 radical (unpaired) electrons. The zero-order valence-corrected chi connectivity index (χ0v) is 21.5. The van der Waals surface area contributed by atoms with Gasteiger partial charge in [0, 0.05) is 43.6 Å². The van der Waals surface area contributed by atoms with E-state index in [1.807, 2.05) is 6.92 Å². The van der Waals surface area contributed by atoms with E-state index < -0.39 is 10.0 Å². The number of hydrogen-bond donors (Lipinski definition) is 1. The number of nitrogens with zero attached hydrogens (tertiary/aromatic N) is 2. The Morgan fingerprint density at radius 1 is 1.00 bits per heavy atom. The van der Waals surface area contributed by atoms with Gasteiger partial charge in [-0.25, -0.2) is 8.42 Å². The van der Waals surface area contributed by atoms with Crippen molar-refractivity contribution in [3.63, 3.8) is 0 Å². The molecule has 1 aliphatic heterocycles. The molecule has 3 rings (SSSR count). The molecule has 2 aromatic rings. The minimum atomic E-state index is -3.71. The van der Waals surface area contributed by atoms with Crippen LogP contribution in [-0.4, -0.2) is 59.0 Å². The fourth-order valence-corrected chi connectivity index (χ4v) is 5.77. The Labute approximate surface area is 202 Å². The first-order valence-corrected chi connectivity index (χ1v) is 13.1. The van der Waals surface area contributed by atoms with Gasteiger partial charge in [-0.1, -0.05) is 13.8 Å². The lowest BCUT2D eigenvalue weighted by Gasteiger charge is -2.31. The molecular weight excluding hydrogens is 454 g/mol. The summed E-state index contributed by atoms with van der Waals surface area (Å²) in [7, 11) is -0.613. The monoisotopic (exact) mass is 489 g/mol. The van der Waals surface area contributed by atoms with Crippen LogP contribution in [0.4, 0.5) is 11.4 Å². The Morgan fingerprint density at radius 2 is 1.62 bits per heavy atom. The number of piperidine rings is 1. The number of methoxy groups -OCH3 is 2. The molecule has 0 aromatic heterocycles. The number of rotatable bonds is 9. The van der Waals surface area contributed by atoms with Crippen LogP contribution in [0.3, 0.4) is 0 Å². The highest BCUT2D eigenvalue weighted by atomic mass is 32.2. The Balaban J connectivity index is 2.05. The summed E-state index contributed by atoms with van der Waals surface area (Å²) in [4.78, 5) is 15.8. The van der Waals surface area contributed by atoms with Crippen LogP contribution in [0.1, 0.15) is 49.0 Å². The van der Waals surface area contributed by atoms with Crippen LogP contribution in [0.25, 0.3) is 0 Å². The predicted molar refractivity (Wildman–Crippen MR) is 135 cm³/mol. The maximum absolute atomic E-state index is 13.6. The molecule has 0 bridgehead atoms. The molecule has 0 unspecified atom stereocenters. The minimum Gasteiger partial charge on any atom is -0.493 e. The molecule has 1 amide bonds. The highest BCUT2D eigenvalue weighted by Crippen LogP contribution is 2.34. The van der Waals surface area contributed by atoms with Crippen LogP contribution < -0.4 is 19.7 Å². The minimum absolute atomic E-state index is 0.117. The Hall–Kier alpha value is -2.78. The lowest BCUT2D eigenvalue weighted by Crippen LogP contribution is -2.33. The van der Waals surface area contributed by atoms with E-state index in [1.54, 1.807) is 45.2 Å². The summed E-state index contributed by atoms with van der Waals surface area (Å²) in [6.07, 6.45) is 3.22. The summed E-state index contributed by atoms with van der Waals surface area (Å²) in [5, 5.41) is 2.96. The van der Waals surface area contributed by atoms with E-state index in [-0.39, 0.29) is 10.8 Å². The number of hydrogen-bond acceptors (Lipinski definition) is 6. The molecule has 2 aromatic carbocycles. The van der Waals surface area contributed by atoms with E-state index in [0.717, 1.165) is 43.6 Å². The molecule has 9 heteroatoms. The maximum Gasteiger partial charge on any atom is 0.257 e. The summed E-state index contributed by atoms with van der Waals surface area (Å²) in [6, 6.07) is 8.38. The number of carbonyl (C=O) groups is 1. The van der Waals surface area contributed by atoms with Gasteiger partial charge in [-0.05, 0) is 56.0 Å². The van der Waals surface area contributed by atoms with Crippen molar-refractivity contribution in [3.05, 3.63) is 41.5 Å². The Morgan fingerprint density at radius 3 is 2.21 bits per heavy atom. The summed E-state index contributed by atoms with van der Waals surface area (Å²) >= 11 is 0. The van der Waals surface area contributed by atoms with Gasteiger partial charge < -0.3 is 19.7 Å². The third kappa shape index (κ3) is 5.31. The summed E-state index contributed by atoms with van der Waals surface area (Å²) < 4.78 is 38.5. The van der Waals surface area contributed by atoms with Gasteiger partial charge in [-0.15, -0.1) is 0 Å². The average Bonchev–Trinajstić information content (AvgIpc) is 2.85. The third-order valence-electron chi connectivity index (χ3n) is 6.23. The molecule has 0 aliphatic carbocycles. The number of benzene rings is 2.